The molecule has 0 radical (unpaired) electrons. The highest BCUT2D eigenvalue weighted by molar-refractivity contribution is 6.14. The summed E-state index contributed by atoms with van der Waals surface area (Å²) in [6.45, 7) is 0.353. The van der Waals surface area contributed by atoms with Crippen molar-refractivity contribution in [3.63, 3.8) is 0 Å². The zero-order valence-electron chi connectivity index (χ0n) is 12.3. The summed E-state index contributed by atoms with van der Waals surface area (Å²) in [6.07, 6.45) is 3.23. The van der Waals surface area contributed by atoms with Gasteiger partial charge in [-0.15, -0.1) is 0 Å². The molecule has 0 atom stereocenters. The van der Waals surface area contributed by atoms with Crippen molar-refractivity contribution in [3.05, 3.63) is 82.4 Å². The second kappa shape index (κ2) is 6.67. The van der Waals surface area contributed by atoms with Crippen LogP contribution in [-0.4, -0.2) is 19.0 Å². The van der Waals surface area contributed by atoms with Crippen LogP contribution < -0.4 is 0 Å². The number of Topliss-reactive ketones (excluding diaryl/α,β-unsaturated/α-hetero) is 1. The number of carbonyl (C=O) groups excluding carboxylic acids is 1. The third-order valence-electron chi connectivity index (χ3n) is 3.48. The van der Waals surface area contributed by atoms with Crippen LogP contribution in [0.3, 0.4) is 0 Å². The average Bonchev–Trinajstić information content (AvgIpc) is 2.51. The molecule has 0 aliphatic carbocycles. The lowest BCUT2D eigenvalue weighted by molar-refractivity contribution is -0.114. The van der Waals surface area contributed by atoms with E-state index in [0.29, 0.717) is 22.3 Å². The van der Waals surface area contributed by atoms with Gasteiger partial charge in [-0.3, -0.25) is 4.79 Å². The minimum absolute atomic E-state index is 0.162. The fraction of sp³-hybridized carbons (Fsp3) is 0.105. The van der Waals surface area contributed by atoms with Gasteiger partial charge in [0.1, 0.15) is 11.6 Å². The number of rotatable bonds is 2. The molecular formula is C19H14F2O2. The standard InChI is InChI=1S/C19H14F2O2/c20-17-5-1-3-13(9-17)7-15-11-23-12-16(19(15)22)8-14-4-2-6-18(21)10-14/h1-10H,11-12H2/b15-7-,16-8+. The smallest absolute Gasteiger partial charge is 0.189 e. The Kier molecular flexibility index (Phi) is 4.44. The predicted molar refractivity (Wildman–Crippen MR) is 84.6 cm³/mol. The molecule has 4 heteroatoms. The van der Waals surface area contributed by atoms with Gasteiger partial charge in [0, 0.05) is 11.1 Å². The summed E-state index contributed by atoms with van der Waals surface area (Å²) in [7, 11) is 0. The Hall–Kier alpha value is -2.59. The normalized spacial score (nSPS) is 18.6. The topological polar surface area (TPSA) is 26.3 Å². The molecule has 0 aromatic heterocycles. The molecule has 0 spiro atoms. The van der Waals surface area contributed by atoms with Gasteiger partial charge in [-0.05, 0) is 47.5 Å². The van der Waals surface area contributed by atoms with Gasteiger partial charge in [-0.1, -0.05) is 24.3 Å². The monoisotopic (exact) mass is 312 g/mol. The van der Waals surface area contributed by atoms with Crippen molar-refractivity contribution < 1.29 is 18.3 Å². The minimum atomic E-state index is -0.362. The number of hydrogen-bond acceptors (Lipinski definition) is 2. The summed E-state index contributed by atoms with van der Waals surface area (Å²) >= 11 is 0. The van der Waals surface area contributed by atoms with Gasteiger partial charge in [-0.2, -0.15) is 0 Å². The van der Waals surface area contributed by atoms with Crippen molar-refractivity contribution in [2.24, 2.45) is 0 Å². The van der Waals surface area contributed by atoms with E-state index in [0.717, 1.165) is 0 Å². The maximum Gasteiger partial charge on any atom is 0.189 e. The Balaban J connectivity index is 1.89. The Morgan fingerprint density at radius 3 is 1.74 bits per heavy atom. The fourth-order valence-corrected chi connectivity index (χ4v) is 2.42. The first kappa shape index (κ1) is 15.3. The van der Waals surface area contributed by atoms with Crippen molar-refractivity contribution in [1.82, 2.24) is 0 Å². The second-order valence-corrected chi connectivity index (χ2v) is 5.27. The van der Waals surface area contributed by atoms with Crippen molar-refractivity contribution in [2.45, 2.75) is 0 Å². The maximum absolute atomic E-state index is 13.2. The van der Waals surface area contributed by atoms with Crippen LogP contribution in [0.25, 0.3) is 12.2 Å². The second-order valence-electron chi connectivity index (χ2n) is 5.27. The first-order valence-electron chi connectivity index (χ1n) is 7.16. The van der Waals surface area contributed by atoms with E-state index in [1.165, 1.54) is 24.3 Å². The van der Waals surface area contributed by atoms with E-state index in [4.69, 9.17) is 4.74 Å². The lowest BCUT2D eigenvalue weighted by atomic mass is 9.98. The molecule has 116 valence electrons. The molecule has 1 aliphatic rings. The summed E-state index contributed by atoms with van der Waals surface area (Å²) in [5, 5.41) is 0. The number of ketones is 1. The van der Waals surface area contributed by atoms with E-state index >= 15 is 0 Å². The fourth-order valence-electron chi connectivity index (χ4n) is 2.42. The lowest BCUT2D eigenvalue weighted by Gasteiger charge is -2.17. The first-order valence-corrected chi connectivity index (χ1v) is 7.16. The number of hydrogen-bond donors (Lipinski definition) is 0. The SMILES string of the molecule is O=C1/C(=C\c2cccc(F)c2)COC/C1=C\c1cccc(F)c1. The highest BCUT2D eigenvalue weighted by Gasteiger charge is 2.21. The maximum atomic E-state index is 13.2. The Bertz CT molecular complexity index is 741. The molecule has 2 aromatic carbocycles. The van der Waals surface area contributed by atoms with Gasteiger partial charge in [0.2, 0.25) is 0 Å². The molecule has 23 heavy (non-hydrogen) atoms. The molecule has 3 rings (SSSR count). The van der Waals surface area contributed by atoms with E-state index in [9.17, 15) is 13.6 Å². The lowest BCUT2D eigenvalue weighted by Crippen LogP contribution is -2.21. The first-order chi connectivity index (χ1) is 11.1. The Morgan fingerprint density at radius 1 is 0.826 bits per heavy atom. The number of ether oxygens (including phenoxy) is 1. The molecule has 0 amide bonds. The molecule has 1 fully saturated rings. The van der Waals surface area contributed by atoms with E-state index in [1.807, 2.05) is 0 Å². The Morgan fingerprint density at radius 2 is 1.30 bits per heavy atom. The minimum Gasteiger partial charge on any atom is -0.372 e. The van der Waals surface area contributed by atoms with Crippen LogP contribution in [0.5, 0.6) is 0 Å². The van der Waals surface area contributed by atoms with Gasteiger partial charge in [0.15, 0.2) is 5.78 Å². The molecule has 0 saturated carbocycles. The van der Waals surface area contributed by atoms with Crippen molar-refractivity contribution in [2.75, 3.05) is 13.2 Å². The highest BCUT2D eigenvalue weighted by Crippen LogP contribution is 2.20. The quantitative estimate of drug-likeness (QED) is 0.783. The van der Waals surface area contributed by atoms with Crippen LogP contribution in [0.4, 0.5) is 8.78 Å². The molecule has 0 unspecified atom stereocenters. The molecule has 0 N–H and O–H groups in total. The summed E-state index contributed by atoms with van der Waals surface area (Å²) in [5.74, 6) is -0.886. The number of carbonyl (C=O) groups is 1. The molecule has 2 aromatic rings. The van der Waals surface area contributed by atoms with Gasteiger partial charge in [-0.25, -0.2) is 8.78 Å². The van der Waals surface area contributed by atoms with Gasteiger partial charge >= 0.3 is 0 Å². The molecular weight excluding hydrogens is 298 g/mol. The molecule has 1 saturated heterocycles. The van der Waals surface area contributed by atoms with E-state index in [1.54, 1.807) is 36.4 Å². The van der Waals surface area contributed by atoms with E-state index in [-0.39, 0.29) is 30.6 Å². The summed E-state index contributed by atoms with van der Waals surface area (Å²) in [4.78, 5) is 12.5. The van der Waals surface area contributed by atoms with E-state index < -0.39 is 0 Å². The summed E-state index contributed by atoms with van der Waals surface area (Å²) < 4.78 is 31.9. The zero-order valence-corrected chi connectivity index (χ0v) is 12.3. The van der Waals surface area contributed by atoms with Crippen LogP contribution in [0, 0.1) is 11.6 Å². The molecule has 1 heterocycles. The largest absolute Gasteiger partial charge is 0.372 e. The van der Waals surface area contributed by atoms with Crippen LogP contribution in [0.15, 0.2) is 59.7 Å². The molecule has 2 nitrogen and oxygen atoms in total. The van der Waals surface area contributed by atoms with Crippen LogP contribution in [0.2, 0.25) is 0 Å². The van der Waals surface area contributed by atoms with E-state index in [2.05, 4.69) is 0 Å². The Labute approximate surface area is 132 Å². The third kappa shape index (κ3) is 3.79. The number of benzene rings is 2. The van der Waals surface area contributed by atoms with Crippen LogP contribution in [0.1, 0.15) is 11.1 Å². The van der Waals surface area contributed by atoms with Gasteiger partial charge < -0.3 is 4.74 Å². The molecule has 1 aliphatic heterocycles. The third-order valence-corrected chi connectivity index (χ3v) is 3.48. The zero-order chi connectivity index (χ0) is 16.2. The van der Waals surface area contributed by atoms with Crippen LogP contribution >= 0.6 is 0 Å². The summed E-state index contributed by atoms with van der Waals surface area (Å²) in [6, 6.07) is 12.0. The van der Waals surface area contributed by atoms with Crippen molar-refractivity contribution in [1.29, 1.82) is 0 Å². The average molecular weight is 312 g/mol. The van der Waals surface area contributed by atoms with Crippen molar-refractivity contribution in [3.8, 4) is 0 Å². The predicted octanol–water partition coefficient (Wildman–Crippen LogP) is 4.03. The van der Waals surface area contributed by atoms with Gasteiger partial charge in [0.25, 0.3) is 0 Å². The highest BCUT2D eigenvalue weighted by atomic mass is 19.1. The van der Waals surface area contributed by atoms with Gasteiger partial charge in [0.05, 0.1) is 13.2 Å². The number of halogens is 2. The summed E-state index contributed by atoms with van der Waals surface area (Å²) in [5.41, 5.74) is 2.10. The van der Waals surface area contributed by atoms with Crippen LogP contribution in [-0.2, 0) is 9.53 Å². The van der Waals surface area contributed by atoms with Crippen molar-refractivity contribution >= 4 is 17.9 Å². The molecule has 0 bridgehead atoms.